The summed E-state index contributed by atoms with van der Waals surface area (Å²) in [6, 6.07) is 1.65. The highest BCUT2D eigenvalue weighted by atomic mass is 19.1. The molecule has 0 radical (unpaired) electrons. The van der Waals surface area contributed by atoms with E-state index in [0.29, 0.717) is 13.1 Å². The molecule has 0 saturated carbocycles. The van der Waals surface area contributed by atoms with Gasteiger partial charge >= 0.3 is 0 Å². The van der Waals surface area contributed by atoms with Crippen LogP contribution in [0.1, 0.15) is 43.5 Å². The van der Waals surface area contributed by atoms with E-state index in [0.717, 1.165) is 19.3 Å². The zero-order chi connectivity index (χ0) is 13.8. The predicted octanol–water partition coefficient (Wildman–Crippen LogP) is 2.67. The summed E-state index contributed by atoms with van der Waals surface area (Å²) in [5.41, 5.74) is 0.113. The molecule has 1 aliphatic heterocycles. The topological polar surface area (TPSA) is 45.2 Å². The molecule has 1 unspecified atom stereocenters. The molecule has 1 atom stereocenters. The Morgan fingerprint density at radius 1 is 1.63 bits per heavy atom. The summed E-state index contributed by atoms with van der Waals surface area (Å²) in [6.07, 6.45) is 4.33. The Kier molecular flexibility index (Phi) is 4.35. The van der Waals surface area contributed by atoms with Crippen LogP contribution in [0.25, 0.3) is 0 Å². The number of carbonyl (C=O) groups excluding carboxylic acids is 1. The number of anilines is 1. The fraction of sp³-hybridized carbons (Fsp3) is 0.571. The minimum absolute atomic E-state index is 0.113. The highest BCUT2D eigenvalue weighted by molar-refractivity contribution is 5.95. The second-order valence-corrected chi connectivity index (χ2v) is 4.94. The molecule has 1 saturated heterocycles. The molecular formula is C14H20FN3O. The van der Waals surface area contributed by atoms with E-state index in [1.807, 2.05) is 13.8 Å². The summed E-state index contributed by atoms with van der Waals surface area (Å²) in [5, 5.41) is 2.90. The van der Waals surface area contributed by atoms with Gasteiger partial charge in [-0.15, -0.1) is 0 Å². The van der Waals surface area contributed by atoms with E-state index < -0.39 is 5.82 Å². The van der Waals surface area contributed by atoms with Gasteiger partial charge in [-0.2, -0.15) is 0 Å². The molecular weight excluding hydrogens is 245 g/mol. The van der Waals surface area contributed by atoms with Crippen molar-refractivity contribution in [3.05, 3.63) is 23.6 Å². The number of amides is 1. The summed E-state index contributed by atoms with van der Waals surface area (Å²) in [6.45, 7) is 5.34. The maximum Gasteiger partial charge on any atom is 0.257 e. The van der Waals surface area contributed by atoms with Crippen molar-refractivity contribution in [3.8, 4) is 0 Å². The van der Waals surface area contributed by atoms with Crippen LogP contribution >= 0.6 is 0 Å². The van der Waals surface area contributed by atoms with Gasteiger partial charge in [-0.3, -0.25) is 4.79 Å². The van der Waals surface area contributed by atoms with Crippen LogP contribution in [0.3, 0.4) is 0 Å². The number of likely N-dealkylation sites (tertiary alicyclic amines) is 1. The molecule has 0 aliphatic carbocycles. The minimum Gasteiger partial charge on any atom is -0.368 e. The number of carbonyl (C=O) groups is 1. The molecule has 0 aromatic carbocycles. The number of aromatic nitrogens is 1. The van der Waals surface area contributed by atoms with Gasteiger partial charge in [0.1, 0.15) is 0 Å². The molecule has 19 heavy (non-hydrogen) atoms. The Balaban J connectivity index is 2.22. The Morgan fingerprint density at radius 2 is 2.42 bits per heavy atom. The van der Waals surface area contributed by atoms with Gasteiger partial charge in [0.15, 0.2) is 11.6 Å². The normalized spacial score (nSPS) is 18.7. The summed E-state index contributed by atoms with van der Waals surface area (Å²) < 4.78 is 14.3. The third-order valence-electron chi connectivity index (χ3n) is 3.48. The number of hydrogen-bond acceptors (Lipinski definition) is 3. The van der Waals surface area contributed by atoms with Gasteiger partial charge in [-0.05, 0) is 32.3 Å². The van der Waals surface area contributed by atoms with Crippen molar-refractivity contribution in [2.75, 3.05) is 18.4 Å². The number of pyridine rings is 1. The second-order valence-electron chi connectivity index (χ2n) is 4.94. The van der Waals surface area contributed by atoms with E-state index in [1.54, 1.807) is 4.90 Å². The van der Waals surface area contributed by atoms with Gasteiger partial charge in [0.05, 0.1) is 5.56 Å². The smallest absolute Gasteiger partial charge is 0.257 e. The van der Waals surface area contributed by atoms with E-state index in [1.165, 1.54) is 12.3 Å². The van der Waals surface area contributed by atoms with Crippen LogP contribution in [-0.4, -0.2) is 34.9 Å². The molecule has 1 amide bonds. The van der Waals surface area contributed by atoms with E-state index >= 15 is 0 Å². The molecule has 4 nitrogen and oxygen atoms in total. The van der Waals surface area contributed by atoms with Crippen LogP contribution in [-0.2, 0) is 0 Å². The highest BCUT2D eigenvalue weighted by Crippen LogP contribution is 2.22. The first-order valence-corrected chi connectivity index (χ1v) is 6.84. The van der Waals surface area contributed by atoms with E-state index in [-0.39, 0.29) is 23.3 Å². The summed E-state index contributed by atoms with van der Waals surface area (Å²) >= 11 is 0. The maximum atomic E-state index is 14.3. The first-order chi connectivity index (χ1) is 9.15. The fourth-order valence-corrected chi connectivity index (χ4v) is 2.37. The maximum absolute atomic E-state index is 14.3. The van der Waals surface area contributed by atoms with Crippen LogP contribution in [0.5, 0.6) is 0 Å². The monoisotopic (exact) mass is 265 g/mol. The molecule has 0 bridgehead atoms. The SMILES string of the molecule is CCCNc1nccc(C(=O)N2CCCC2C)c1F. The molecule has 2 heterocycles. The standard InChI is InChI=1S/C14H20FN3O/c1-3-7-16-13-12(15)11(6-8-17-13)14(19)18-9-4-5-10(18)2/h6,8,10H,3-5,7,9H2,1-2H3,(H,16,17). The van der Waals surface area contributed by atoms with Gasteiger partial charge in [0.2, 0.25) is 0 Å². The van der Waals surface area contributed by atoms with Crippen molar-refractivity contribution in [1.29, 1.82) is 0 Å². The van der Waals surface area contributed by atoms with Crippen LogP contribution in [0.4, 0.5) is 10.2 Å². The minimum atomic E-state index is -0.542. The van der Waals surface area contributed by atoms with E-state index in [4.69, 9.17) is 0 Å². The zero-order valence-corrected chi connectivity index (χ0v) is 11.4. The molecule has 5 heteroatoms. The van der Waals surface area contributed by atoms with Crippen molar-refractivity contribution in [2.45, 2.75) is 39.2 Å². The van der Waals surface area contributed by atoms with Crippen LogP contribution in [0.15, 0.2) is 12.3 Å². The lowest BCUT2D eigenvalue weighted by Gasteiger charge is -2.22. The second kappa shape index (κ2) is 5.99. The van der Waals surface area contributed by atoms with Gasteiger partial charge in [0.25, 0.3) is 5.91 Å². The lowest BCUT2D eigenvalue weighted by atomic mass is 10.2. The molecule has 1 aromatic rings. The largest absolute Gasteiger partial charge is 0.368 e. The van der Waals surface area contributed by atoms with Crippen molar-refractivity contribution < 1.29 is 9.18 Å². The van der Waals surface area contributed by atoms with Crippen molar-refractivity contribution in [3.63, 3.8) is 0 Å². The molecule has 1 fully saturated rings. The quantitative estimate of drug-likeness (QED) is 0.910. The van der Waals surface area contributed by atoms with Crippen molar-refractivity contribution in [2.24, 2.45) is 0 Å². The fourth-order valence-electron chi connectivity index (χ4n) is 2.37. The molecule has 104 valence electrons. The van der Waals surface area contributed by atoms with Crippen molar-refractivity contribution in [1.82, 2.24) is 9.88 Å². The van der Waals surface area contributed by atoms with E-state index in [2.05, 4.69) is 10.3 Å². The Labute approximate surface area is 113 Å². The number of halogens is 1. The van der Waals surface area contributed by atoms with Crippen LogP contribution in [0.2, 0.25) is 0 Å². The van der Waals surface area contributed by atoms with Crippen molar-refractivity contribution >= 4 is 11.7 Å². The first kappa shape index (κ1) is 13.8. The lowest BCUT2D eigenvalue weighted by Crippen LogP contribution is -2.34. The van der Waals surface area contributed by atoms with Gasteiger partial charge in [0, 0.05) is 25.3 Å². The zero-order valence-electron chi connectivity index (χ0n) is 11.4. The number of hydrogen-bond donors (Lipinski definition) is 1. The molecule has 1 aromatic heterocycles. The summed E-state index contributed by atoms with van der Waals surface area (Å²) in [7, 11) is 0. The Bertz CT molecular complexity index is 464. The molecule has 2 rings (SSSR count). The number of nitrogens with one attached hydrogen (secondary N) is 1. The van der Waals surface area contributed by atoms with E-state index in [9.17, 15) is 9.18 Å². The lowest BCUT2D eigenvalue weighted by molar-refractivity contribution is 0.0742. The summed E-state index contributed by atoms with van der Waals surface area (Å²) in [4.78, 5) is 18.0. The third-order valence-corrected chi connectivity index (χ3v) is 3.48. The molecule has 1 N–H and O–H groups in total. The van der Waals surface area contributed by atoms with Gasteiger partial charge in [-0.25, -0.2) is 9.37 Å². The third kappa shape index (κ3) is 2.85. The summed E-state index contributed by atoms with van der Waals surface area (Å²) in [5.74, 6) is -0.607. The number of nitrogens with zero attached hydrogens (tertiary/aromatic N) is 2. The number of rotatable bonds is 4. The molecule has 1 aliphatic rings. The Hall–Kier alpha value is -1.65. The predicted molar refractivity (Wildman–Crippen MR) is 72.7 cm³/mol. The van der Waals surface area contributed by atoms with Gasteiger partial charge < -0.3 is 10.2 Å². The average molecular weight is 265 g/mol. The Morgan fingerprint density at radius 3 is 3.05 bits per heavy atom. The molecule has 0 spiro atoms. The average Bonchev–Trinajstić information content (AvgIpc) is 2.83. The van der Waals surface area contributed by atoms with Crippen LogP contribution in [0, 0.1) is 5.82 Å². The van der Waals surface area contributed by atoms with Gasteiger partial charge in [-0.1, -0.05) is 6.92 Å². The highest BCUT2D eigenvalue weighted by Gasteiger charge is 2.28. The first-order valence-electron chi connectivity index (χ1n) is 6.84. The van der Waals surface area contributed by atoms with Crippen LogP contribution < -0.4 is 5.32 Å².